The number of unbranched alkanes of at least 4 members (excludes halogenated alkanes) is 3. The highest BCUT2D eigenvalue weighted by molar-refractivity contribution is 9.10. The zero-order valence-electron chi connectivity index (χ0n) is 10.4. The summed E-state index contributed by atoms with van der Waals surface area (Å²) in [5, 5.41) is 3.33. The van der Waals surface area contributed by atoms with E-state index >= 15 is 0 Å². The van der Waals surface area contributed by atoms with E-state index in [2.05, 4.69) is 53.3 Å². The molecule has 0 bridgehead atoms. The number of benzene rings is 1. The third kappa shape index (κ3) is 4.56. The predicted octanol–water partition coefficient (Wildman–Crippen LogP) is 5.00. The summed E-state index contributed by atoms with van der Waals surface area (Å²) in [6.07, 6.45) is 6.52. The van der Waals surface area contributed by atoms with Crippen molar-refractivity contribution in [2.75, 3.05) is 11.9 Å². The first-order chi connectivity index (χ1) is 7.77. The topological polar surface area (TPSA) is 12.0 Å². The van der Waals surface area contributed by atoms with Crippen LogP contribution in [0.1, 0.15) is 45.1 Å². The fourth-order valence-electron chi connectivity index (χ4n) is 1.80. The summed E-state index contributed by atoms with van der Waals surface area (Å²) in [4.78, 5) is 0. The minimum Gasteiger partial charge on any atom is -0.384 e. The first-order valence-corrected chi connectivity index (χ1v) is 7.09. The summed E-state index contributed by atoms with van der Waals surface area (Å²) in [5.41, 5.74) is 2.63. The van der Waals surface area contributed by atoms with E-state index in [1.54, 1.807) is 0 Å². The molecule has 0 aliphatic carbocycles. The molecule has 0 spiro atoms. The van der Waals surface area contributed by atoms with E-state index in [4.69, 9.17) is 0 Å². The van der Waals surface area contributed by atoms with E-state index in [0.29, 0.717) is 0 Å². The lowest BCUT2D eigenvalue weighted by Crippen LogP contribution is -1.97. The highest BCUT2D eigenvalue weighted by atomic mass is 79.9. The van der Waals surface area contributed by atoms with E-state index in [1.807, 2.05) is 0 Å². The maximum Gasteiger partial charge on any atom is 0.0484 e. The summed E-state index contributed by atoms with van der Waals surface area (Å²) in [6.45, 7) is 5.33. The molecule has 0 atom stereocenters. The van der Waals surface area contributed by atoms with Crippen molar-refractivity contribution in [1.29, 1.82) is 0 Å². The minimum atomic E-state index is 0.967. The maximum absolute atomic E-state index is 3.61. The van der Waals surface area contributed by atoms with Gasteiger partial charge in [-0.1, -0.05) is 32.3 Å². The standard InChI is InChI=1S/C14H22BrN/c1-3-5-6-7-8-12-9-10-14(16-4-2)13(15)11-12/h9-11,16H,3-8H2,1-2H3. The van der Waals surface area contributed by atoms with Crippen LogP contribution >= 0.6 is 15.9 Å². The molecule has 0 unspecified atom stereocenters. The smallest absolute Gasteiger partial charge is 0.0484 e. The Kier molecular flexibility index (Phi) is 6.55. The predicted molar refractivity (Wildman–Crippen MR) is 76.2 cm³/mol. The quantitative estimate of drug-likeness (QED) is 0.694. The molecule has 1 rings (SSSR count). The van der Waals surface area contributed by atoms with Crippen LogP contribution < -0.4 is 5.32 Å². The Morgan fingerprint density at radius 1 is 1.12 bits per heavy atom. The Bertz CT molecular complexity index is 310. The number of halogens is 1. The van der Waals surface area contributed by atoms with Crippen molar-refractivity contribution in [2.45, 2.75) is 46.0 Å². The van der Waals surface area contributed by atoms with Gasteiger partial charge in [0.15, 0.2) is 0 Å². The molecule has 0 aliphatic rings. The molecule has 2 heteroatoms. The van der Waals surface area contributed by atoms with Gasteiger partial charge in [0.2, 0.25) is 0 Å². The third-order valence-corrected chi connectivity index (χ3v) is 3.38. The van der Waals surface area contributed by atoms with Crippen molar-refractivity contribution >= 4 is 21.6 Å². The zero-order valence-corrected chi connectivity index (χ0v) is 11.9. The van der Waals surface area contributed by atoms with Crippen molar-refractivity contribution in [3.8, 4) is 0 Å². The number of anilines is 1. The molecule has 1 nitrogen and oxygen atoms in total. The van der Waals surface area contributed by atoms with Crippen LogP contribution in [-0.2, 0) is 6.42 Å². The fraction of sp³-hybridized carbons (Fsp3) is 0.571. The van der Waals surface area contributed by atoms with Crippen LogP contribution in [0.4, 0.5) is 5.69 Å². The minimum absolute atomic E-state index is 0.967. The molecule has 0 fully saturated rings. The van der Waals surface area contributed by atoms with Gasteiger partial charge in [-0.3, -0.25) is 0 Å². The second kappa shape index (κ2) is 7.72. The second-order valence-electron chi connectivity index (χ2n) is 4.16. The molecule has 1 aromatic rings. The van der Waals surface area contributed by atoms with Crippen LogP contribution in [0.3, 0.4) is 0 Å². The summed E-state index contributed by atoms with van der Waals surface area (Å²) < 4.78 is 1.18. The monoisotopic (exact) mass is 283 g/mol. The van der Waals surface area contributed by atoms with Crippen LogP contribution in [0.25, 0.3) is 0 Å². The summed E-state index contributed by atoms with van der Waals surface area (Å²) in [7, 11) is 0. The van der Waals surface area contributed by atoms with E-state index in [0.717, 1.165) is 6.54 Å². The molecule has 90 valence electrons. The van der Waals surface area contributed by atoms with Crippen molar-refractivity contribution in [1.82, 2.24) is 0 Å². The highest BCUT2D eigenvalue weighted by Crippen LogP contribution is 2.24. The molecule has 0 aromatic heterocycles. The second-order valence-corrected chi connectivity index (χ2v) is 5.01. The lowest BCUT2D eigenvalue weighted by Gasteiger charge is -2.08. The van der Waals surface area contributed by atoms with Crippen molar-refractivity contribution in [3.05, 3.63) is 28.2 Å². The van der Waals surface area contributed by atoms with E-state index < -0.39 is 0 Å². The van der Waals surface area contributed by atoms with E-state index in [-0.39, 0.29) is 0 Å². The Morgan fingerprint density at radius 3 is 2.56 bits per heavy atom. The molecule has 0 amide bonds. The van der Waals surface area contributed by atoms with Crippen molar-refractivity contribution in [3.63, 3.8) is 0 Å². The molecule has 16 heavy (non-hydrogen) atoms. The first kappa shape index (κ1) is 13.6. The largest absolute Gasteiger partial charge is 0.384 e. The van der Waals surface area contributed by atoms with Gasteiger partial charge in [-0.2, -0.15) is 0 Å². The molecule has 1 aromatic carbocycles. The van der Waals surface area contributed by atoms with E-state index in [9.17, 15) is 0 Å². The highest BCUT2D eigenvalue weighted by Gasteiger charge is 2.00. The van der Waals surface area contributed by atoms with Gasteiger partial charge in [-0.25, -0.2) is 0 Å². The molecule has 0 heterocycles. The van der Waals surface area contributed by atoms with Gasteiger partial charge in [-0.15, -0.1) is 0 Å². The summed E-state index contributed by atoms with van der Waals surface area (Å²) in [5.74, 6) is 0. The first-order valence-electron chi connectivity index (χ1n) is 6.30. The van der Waals surface area contributed by atoms with Crippen LogP contribution in [-0.4, -0.2) is 6.54 Å². The van der Waals surface area contributed by atoms with Gasteiger partial charge in [0, 0.05) is 16.7 Å². The Hall–Kier alpha value is -0.500. The van der Waals surface area contributed by atoms with Gasteiger partial charge >= 0.3 is 0 Å². The van der Waals surface area contributed by atoms with Crippen molar-refractivity contribution in [2.24, 2.45) is 0 Å². The number of nitrogens with one attached hydrogen (secondary N) is 1. The van der Waals surface area contributed by atoms with Crippen LogP contribution in [0, 0.1) is 0 Å². The Balaban J connectivity index is 2.46. The lowest BCUT2D eigenvalue weighted by atomic mass is 10.1. The Labute approximate surface area is 108 Å². The lowest BCUT2D eigenvalue weighted by molar-refractivity contribution is 0.667. The fourth-order valence-corrected chi connectivity index (χ4v) is 2.37. The average molecular weight is 284 g/mol. The maximum atomic E-state index is 3.61. The molecule has 0 aliphatic heterocycles. The molecule has 0 saturated heterocycles. The van der Waals surface area contributed by atoms with Crippen LogP contribution in [0.15, 0.2) is 22.7 Å². The zero-order chi connectivity index (χ0) is 11.8. The summed E-state index contributed by atoms with van der Waals surface area (Å²) >= 11 is 3.61. The number of hydrogen-bond donors (Lipinski definition) is 1. The SMILES string of the molecule is CCCCCCc1ccc(NCC)c(Br)c1. The molecular formula is C14H22BrN. The van der Waals surface area contributed by atoms with Gasteiger partial charge in [-0.05, 0) is 53.4 Å². The third-order valence-electron chi connectivity index (χ3n) is 2.72. The molecule has 1 N–H and O–H groups in total. The van der Waals surface area contributed by atoms with Crippen LogP contribution in [0.5, 0.6) is 0 Å². The normalized spacial score (nSPS) is 10.4. The van der Waals surface area contributed by atoms with E-state index in [1.165, 1.54) is 47.8 Å². The van der Waals surface area contributed by atoms with Gasteiger partial charge < -0.3 is 5.32 Å². The number of hydrogen-bond acceptors (Lipinski definition) is 1. The molecule has 0 radical (unpaired) electrons. The van der Waals surface area contributed by atoms with Gasteiger partial charge in [0.1, 0.15) is 0 Å². The Morgan fingerprint density at radius 2 is 1.94 bits per heavy atom. The summed E-state index contributed by atoms with van der Waals surface area (Å²) in [6, 6.07) is 6.64. The number of rotatable bonds is 7. The van der Waals surface area contributed by atoms with Gasteiger partial charge in [0.05, 0.1) is 0 Å². The average Bonchev–Trinajstić information content (AvgIpc) is 2.28. The number of aryl methyl sites for hydroxylation is 1. The molecular weight excluding hydrogens is 262 g/mol. The molecule has 0 saturated carbocycles. The van der Waals surface area contributed by atoms with Gasteiger partial charge in [0.25, 0.3) is 0 Å². The van der Waals surface area contributed by atoms with Crippen LogP contribution in [0.2, 0.25) is 0 Å². The van der Waals surface area contributed by atoms with Crippen molar-refractivity contribution < 1.29 is 0 Å².